The van der Waals surface area contributed by atoms with E-state index in [-0.39, 0.29) is 0 Å². The number of halogens is 1. The van der Waals surface area contributed by atoms with Crippen molar-refractivity contribution in [3.05, 3.63) is 297 Å². The van der Waals surface area contributed by atoms with E-state index >= 15 is 0 Å². The van der Waals surface area contributed by atoms with Crippen molar-refractivity contribution in [2.45, 2.75) is 10.8 Å². The van der Waals surface area contributed by atoms with Gasteiger partial charge in [0.15, 0.2) is 0 Å². The van der Waals surface area contributed by atoms with Crippen LogP contribution in [0.3, 0.4) is 0 Å². The summed E-state index contributed by atoms with van der Waals surface area (Å²) in [5.74, 6) is 0. The van der Waals surface area contributed by atoms with Gasteiger partial charge < -0.3 is 0 Å². The van der Waals surface area contributed by atoms with Gasteiger partial charge in [-0.3, -0.25) is 0 Å². The molecule has 0 heterocycles. The molecule has 13 rings (SSSR count). The molecule has 11 aromatic carbocycles. The van der Waals surface area contributed by atoms with E-state index in [1.165, 1.54) is 114 Å². The smallest absolute Gasteiger partial charge is 0.0622 e. The van der Waals surface area contributed by atoms with Crippen LogP contribution in [0.5, 0.6) is 0 Å². The minimum Gasteiger partial charge on any atom is -0.0622 e. The molecule has 2 aliphatic carbocycles. The van der Waals surface area contributed by atoms with Gasteiger partial charge in [-0.25, -0.2) is 0 Å². The second kappa shape index (κ2) is 14.9. The largest absolute Gasteiger partial charge is 0.0713 e. The zero-order valence-electron chi connectivity index (χ0n) is 35.5. The highest BCUT2D eigenvalue weighted by Gasteiger charge is 2.47. The maximum Gasteiger partial charge on any atom is 0.0713 e. The summed E-state index contributed by atoms with van der Waals surface area (Å²) in [5, 5.41) is 5.00. The predicted octanol–water partition coefficient (Wildman–Crippen LogP) is 16.7. The molecule has 0 saturated carbocycles. The molecule has 11 aromatic rings. The van der Waals surface area contributed by atoms with Crippen molar-refractivity contribution >= 4 is 44.1 Å². The molecule has 2 aliphatic rings. The first-order valence-electron chi connectivity index (χ1n) is 22.5. The third-order valence-corrected chi connectivity index (χ3v) is 15.2. The van der Waals surface area contributed by atoms with E-state index in [0.717, 1.165) is 0 Å². The Hall–Kier alpha value is -7.33. The lowest BCUT2D eigenvalue weighted by atomic mass is 9.67. The molecule has 1 heteroatoms. The van der Waals surface area contributed by atoms with Gasteiger partial charge in [0.05, 0.1) is 10.8 Å². The van der Waals surface area contributed by atoms with Gasteiger partial charge in [0.25, 0.3) is 0 Å². The van der Waals surface area contributed by atoms with Gasteiger partial charge in [0, 0.05) is 3.57 Å². The lowest BCUT2D eigenvalue weighted by Crippen LogP contribution is -2.28. The number of rotatable bonds is 6. The molecule has 0 spiro atoms. The summed E-state index contributed by atoms with van der Waals surface area (Å²) in [4.78, 5) is 0. The molecule has 0 saturated heterocycles. The van der Waals surface area contributed by atoms with E-state index in [1.807, 2.05) is 0 Å². The molecule has 65 heavy (non-hydrogen) atoms. The molecule has 0 nitrogen and oxygen atoms in total. The van der Waals surface area contributed by atoms with Crippen LogP contribution in [0.1, 0.15) is 44.5 Å². The van der Waals surface area contributed by atoms with Crippen LogP contribution in [-0.4, -0.2) is 0 Å². The maximum atomic E-state index is 2.52. The fourth-order valence-corrected chi connectivity index (χ4v) is 12.5. The van der Waals surface area contributed by atoms with Crippen molar-refractivity contribution in [2.24, 2.45) is 0 Å². The van der Waals surface area contributed by atoms with Crippen molar-refractivity contribution in [3.63, 3.8) is 0 Å². The Morgan fingerprint density at radius 2 is 0.585 bits per heavy atom. The molecular formula is C64H41I. The number of benzene rings is 11. The van der Waals surface area contributed by atoms with Gasteiger partial charge in [-0.05, 0) is 157 Å². The molecule has 0 atom stereocenters. The van der Waals surface area contributed by atoms with Gasteiger partial charge in [0.2, 0.25) is 0 Å². The Balaban J connectivity index is 1.09. The van der Waals surface area contributed by atoms with E-state index in [0.29, 0.717) is 0 Å². The van der Waals surface area contributed by atoms with Crippen molar-refractivity contribution in [1.29, 1.82) is 0 Å². The summed E-state index contributed by atoms with van der Waals surface area (Å²) in [7, 11) is 0. The van der Waals surface area contributed by atoms with Crippen LogP contribution in [0.2, 0.25) is 0 Å². The van der Waals surface area contributed by atoms with Crippen LogP contribution >= 0.6 is 22.6 Å². The highest BCUT2D eigenvalue weighted by Crippen LogP contribution is 2.59. The first-order chi connectivity index (χ1) is 32.2. The second-order valence-corrected chi connectivity index (χ2v) is 18.8. The van der Waals surface area contributed by atoms with Crippen LogP contribution in [-0.2, 0) is 10.8 Å². The highest BCUT2D eigenvalue weighted by molar-refractivity contribution is 14.1. The first kappa shape index (κ1) is 38.2. The average Bonchev–Trinajstić information content (AvgIpc) is 3.84. The molecule has 0 N–H and O–H groups in total. The monoisotopic (exact) mass is 936 g/mol. The van der Waals surface area contributed by atoms with Gasteiger partial charge in [-0.2, -0.15) is 0 Å². The van der Waals surface area contributed by atoms with Gasteiger partial charge in [-0.15, -0.1) is 0 Å². The van der Waals surface area contributed by atoms with Crippen LogP contribution in [0.15, 0.2) is 249 Å². The summed E-state index contributed by atoms with van der Waals surface area (Å²) < 4.78 is 1.21. The summed E-state index contributed by atoms with van der Waals surface area (Å²) in [5.41, 5.74) is 19.5. The van der Waals surface area contributed by atoms with Crippen molar-refractivity contribution in [1.82, 2.24) is 0 Å². The Bertz CT molecular complexity index is 3570. The minimum atomic E-state index is -0.490. The Labute approximate surface area is 393 Å². The number of hydrogen-bond acceptors (Lipinski definition) is 0. The van der Waals surface area contributed by atoms with Gasteiger partial charge >= 0.3 is 0 Å². The fourth-order valence-electron chi connectivity index (χ4n) is 12.0. The molecule has 0 radical (unpaired) electrons. The first-order valence-corrected chi connectivity index (χ1v) is 23.6. The maximum absolute atomic E-state index is 2.52. The second-order valence-electron chi connectivity index (χ2n) is 17.6. The molecule has 304 valence electrons. The van der Waals surface area contributed by atoms with E-state index in [1.54, 1.807) is 0 Å². The normalized spacial score (nSPS) is 13.9. The molecule has 0 fully saturated rings. The van der Waals surface area contributed by atoms with Crippen LogP contribution in [0.25, 0.3) is 66.1 Å². The summed E-state index contributed by atoms with van der Waals surface area (Å²) in [6.07, 6.45) is 0. The molecule has 0 amide bonds. The standard InChI is InChI=1S/C64H41I/c65-48-35-38-55-56(41-48)62(43-34-37-52-50-28-16-18-32-58(50)64(60(52)40-43,46-23-9-3-10-24-46)47-25-11-4-12-26-47)54-30-14-13-29-53(54)61(55)42-33-36-51-49-27-15-17-31-57(49)63(59(51)39-42,44-19-5-1-6-20-44)45-21-7-2-8-22-45/h1-41H. The number of fused-ring (bicyclic) bond motifs is 8. The Morgan fingerprint density at radius 1 is 0.246 bits per heavy atom. The molecule has 0 aromatic heterocycles. The Kier molecular flexibility index (Phi) is 8.73. The van der Waals surface area contributed by atoms with E-state index in [4.69, 9.17) is 0 Å². The van der Waals surface area contributed by atoms with E-state index < -0.39 is 10.8 Å². The van der Waals surface area contributed by atoms with Crippen molar-refractivity contribution in [3.8, 4) is 44.5 Å². The molecule has 0 bridgehead atoms. The number of hydrogen-bond donors (Lipinski definition) is 0. The zero-order chi connectivity index (χ0) is 43.1. The Morgan fingerprint density at radius 3 is 1.02 bits per heavy atom. The fraction of sp³-hybridized carbons (Fsp3) is 0.0312. The van der Waals surface area contributed by atoms with Crippen LogP contribution in [0, 0.1) is 3.57 Å². The zero-order valence-corrected chi connectivity index (χ0v) is 37.7. The molecular weight excluding hydrogens is 896 g/mol. The van der Waals surface area contributed by atoms with Crippen LogP contribution < -0.4 is 0 Å². The van der Waals surface area contributed by atoms with Crippen LogP contribution in [0.4, 0.5) is 0 Å². The van der Waals surface area contributed by atoms with Crippen molar-refractivity contribution < 1.29 is 0 Å². The highest BCUT2D eigenvalue weighted by atomic mass is 127. The quantitative estimate of drug-likeness (QED) is 0.115. The molecule has 0 unspecified atom stereocenters. The lowest BCUT2D eigenvalue weighted by molar-refractivity contribution is 0.769. The average molecular weight is 937 g/mol. The summed E-state index contributed by atoms with van der Waals surface area (Å²) in [6, 6.07) is 93.4. The molecule has 0 aliphatic heterocycles. The SMILES string of the molecule is Ic1ccc2c(-c3ccc4c(c3)C(c3ccccc3)(c3ccccc3)c3ccccc3-4)c3ccccc3c(-c3ccc4c(c3)C(c3ccccc3)(c3ccccc3)c3ccccc3-4)c2c1. The minimum absolute atomic E-state index is 0.489. The van der Waals surface area contributed by atoms with E-state index in [2.05, 4.69) is 271 Å². The topological polar surface area (TPSA) is 0 Å². The third-order valence-electron chi connectivity index (χ3n) is 14.5. The van der Waals surface area contributed by atoms with Gasteiger partial charge in [0.1, 0.15) is 0 Å². The van der Waals surface area contributed by atoms with Crippen molar-refractivity contribution in [2.75, 3.05) is 0 Å². The van der Waals surface area contributed by atoms with Gasteiger partial charge in [-0.1, -0.05) is 224 Å². The van der Waals surface area contributed by atoms with E-state index in [9.17, 15) is 0 Å². The summed E-state index contributed by atoms with van der Waals surface area (Å²) >= 11 is 2.51. The lowest BCUT2D eigenvalue weighted by Gasteiger charge is -2.34. The summed E-state index contributed by atoms with van der Waals surface area (Å²) in [6.45, 7) is 0. The third kappa shape index (κ3) is 5.43. The predicted molar refractivity (Wildman–Crippen MR) is 280 cm³/mol.